The lowest BCUT2D eigenvalue weighted by Crippen LogP contribution is -2.54. The number of aryl methyl sites for hydroxylation is 1. The highest BCUT2D eigenvalue weighted by Gasteiger charge is 2.32. The number of hydrogen-bond acceptors (Lipinski definition) is 8. The van der Waals surface area contributed by atoms with Crippen molar-refractivity contribution in [1.29, 1.82) is 0 Å². The second kappa shape index (κ2) is 20.6. The van der Waals surface area contributed by atoms with Gasteiger partial charge in [0.1, 0.15) is 23.9 Å². The minimum atomic E-state index is -0.937. The summed E-state index contributed by atoms with van der Waals surface area (Å²) < 4.78 is 5.98. The molecule has 1 saturated carbocycles. The smallest absolute Gasteiger partial charge is 0.274 e. The molecule has 3 aromatic rings. The average Bonchev–Trinajstić information content (AvgIpc) is 3.54. The van der Waals surface area contributed by atoms with Gasteiger partial charge in [0.15, 0.2) is 11.7 Å². The molecule has 280 valence electrons. The van der Waals surface area contributed by atoms with Crippen molar-refractivity contribution in [1.82, 2.24) is 31.6 Å². The van der Waals surface area contributed by atoms with E-state index in [1.165, 1.54) is 0 Å². The Kier molecular flexibility index (Phi) is 15.6. The Labute approximate surface area is 305 Å². The fourth-order valence-electron chi connectivity index (χ4n) is 6.40. The van der Waals surface area contributed by atoms with Crippen LogP contribution in [-0.4, -0.2) is 66.8 Å². The third-order valence-corrected chi connectivity index (χ3v) is 9.08. The summed E-state index contributed by atoms with van der Waals surface area (Å²) in [5.41, 5.74) is 12.9. The molecule has 0 saturated heterocycles. The van der Waals surface area contributed by atoms with Crippen LogP contribution in [0.25, 0.3) is 0 Å². The number of benzene rings is 2. The zero-order valence-electron chi connectivity index (χ0n) is 30.2. The van der Waals surface area contributed by atoms with E-state index >= 15 is 0 Å². The Morgan fingerprint density at radius 1 is 0.885 bits per heavy atom. The molecular weight excluding hydrogens is 662 g/mol. The lowest BCUT2D eigenvalue weighted by Gasteiger charge is -2.28. The Morgan fingerprint density at radius 3 is 2.21 bits per heavy atom. The number of carbonyl (C=O) groups is 4. The molecule has 3 atom stereocenters. The van der Waals surface area contributed by atoms with Crippen LogP contribution >= 0.6 is 0 Å². The molecule has 0 spiro atoms. The van der Waals surface area contributed by atoms with Gasteiger partial charge in [0.05, 0.1) is 6.54 Å². The molecule has 4 rings (SSSR count). The Balaban J connectivity index is 1.53. The molecule has 52 heavy (non-hydrogen) atoms. The van der Waals surface area contributed by atoms with Gasteiger partial charge in [0.2, 0.25) is 23.6 Å². The highest BCUT2D eigenvalue weighted by atomic mass is 16.4. The molecule has 14 nitrogen and oxygen atoms in total. The molecular formula is C38H53N9O5. The molecule has 4 amide bonds. The zero-order chi connectivity index (χ0) is 37.3. The Bertz CT molecular complexity index is 1620. The van der Waals surface area contributed by atoms with E-state index in [1.54, 1.807) is 14.0 Å². The van der Waals surface area contributed by atoms with Gasteiger partial charge in [-0.1, -0.05) is 92.8 Å². The van der Waals surface area contributed by atoms with Crippen LogP contribution in [0.15, 0.2) is 70.1 Å². The van der Waals surface area contributed by atoms with E-state index in [0.717, 1.165) is 43.2 Å². The molecule has 1 heterocycles. The number of aromatic nitrogens is 1. The number of rotatable bonds is 19. The first-order valence-corrected chi connectivity index (χ1v) is 18.1. The van der Waals surface area contributed by atoms with Crippen LogP contribution in [0.5, 0.6) is 0 Å². The number of nitrogens with one attached hydrogen (secondary N) is 5. The van der Waals surface area contributed by atoms with Crippen LogP contribution in [0.3, 0.4) is 0 Å². The van der Waals surface area contributed by atoms with Crippen LogP contribution in [0.1, 0.15) is 90.7 Å². The van der Waals surface area contributed by atoms with Crippen molar-refractivity contribution in [2.24, 2.45) is 22.4 Å². The second-order valence-electron chi connectivity index (χ2n) is 13.3. The number of amides is 4. The summed E-state index contributed by atoms with van der Waals surface area (Å²) in [4.78, 5) is 62.5. The summed E-state index contributed by atoms with van der Waals surface area (Å²) in [5.74, 6) is -1.06. The molecule has 0 bridgehead atoms. The van der Waals surface area contributed by atoms with Crippen LogP contribution in [-0.2, 0) is 27.3 Å². The number of oxazole rings is 1. The molecule has 1 fully saturated rings. The number of likely N-dealkylation sites (N-methyl/N-ethyl adjacent to an activating group) is 1. The molecule has 2 aromatic carbocycles. The summed E-state index contributed by atoms with van der Waals surface area (Å²) in [5, 5.41) is 14.5. The summed E-state index contributed by atoms with van der Waals surface area (Å²) >= 11 is 0. The highest BCUT2D eigenvalue weighted by Crippen LogP contribution is 2.28. The fraction of sp³-hybridized carbons (Fsp3) is 0.474. The predicted molar refractivity (Wildman–Crippen MR) is 199 cm³/mol. The third kappa shape index (κ3) is 12.8. The molecule has 1 aromatic heterocycles. The summed E-state index contributed by atoms with van der Waals surface area (Å²) in [6.07, 6.45) is 6.64. The highest BCUT2D eigenvalue weighted by molar-refractivity contribution is 5.97. The van der Waals surface area contributed by atoms with Crippen LogP contribution < -0.4 is 38.1 Å². The van der Waals surface area contributed by atoms with E-state index in [4.69, 9.17) is 15.9 Å². The van der Waals surface area contributed by atoms with Crippen molar-refractivity contribution in [3.8, 4) is 0 Å². The Hall–Kier alpha value is -5.24. The predicted octanol–water partition coefficient (Wildman–Crippen LogP) is 2.53. The molecule has 0 radical (unpaired) electrons. The van der Waals surface area contributed by atoms with E-state index < -0.39 is 29.9 Å². The van der Waals surface area contributed by atoms with E-state index in [0.29, 0.717) is 19.3 Å². The molecule has 14 heteroatoms. The summed E-state index contributed by atoms with van der Waals surface area (Å²) in [6, 6.07) is 16.6. The maximum absolute atomic E-state index is 14.0. The van der Waals surface area contributed by atoms with Gasteiger partial charge >= 0.3 is 0 Å². The second-order valence-corrected chi connectivity index (χ2v) is 13.3. The number of nitrogens with two attached hydrogens (primary N) is 2. The van der Waals surface area contributed by atoms with Crippen molar-refractivity contribution in [2.45, 2.75) is 89.4 Å². The van der Waals surface area contributed by atoms with Crippen molar-refractivity contribution in [3.63, 3.8) is 0 Å². The fourth-order valence-corrected chi connectivity index (χ4v) is 6.40. The van der Waals surface area contributed by atoms with Crippen LogP contribution in [0.2, 0.25) is 0 Å². The van der Waals surface area contributed by atoms with Gasteiger partial charge in [-0.25, -0.2) is 4.98 Å². The quantitative estimate of drug-likeness (QED) is 0.0550. The Morgan fingerprint density at radius 2 is 1.56 bits per heavy atom. The number of hydrogen-bond donors (Lipinski definition) is 7. The first-order valence-electron chi connectivity index (χ1n) is 18.1. The standard InChI is InChI=1S/C38H53N9O5/c1-25-33(47-37(52-25)31(44-32(48)24-41-2)22-27-15-8-4-9-16-27)36(51)46-30(21-26-13-6-3-7-14-26)35(50)45-29(19-12-20-42-38(39)40)34(49)43-23-28-17-10-5-11-18-28/h4-5,8-11,15-18,26,29-31,41H,3,6-7,12-14,19-24H2,1-2H3,(H,43,49)(H,44,48)(H,45,50)(H,46,51)(H4,39,40,42)/t29-,30-,31-/m0/s1. The van der Waals surface area contributed by atoms with Gasteiger partial charge in [0, 0.05) is 19.5 Å². The van der Waals surface area contributed by atoms with E-state index in [1.807, 2.05) is 60.7 Å². The summed E-state index contributed by atoms with van der Waals surface area (Å²) in [6.45, 7) is 2.30. The van der Waals surface area contributed by atoms with Crippen LogP contribution in [0, 0.1) is 12.8 Å². The normalized spacial score (nSPS) is 14.7. The SMILES string of the molecule is CNCC(=O)N[C@@H](Cc1ccccc1)c1nc(C(=O)N[C@@H](CC2CCCCC2)C(=O)N[C@@H](CCCN=C(N)N)C(=O)NCc2ccccc2)c(C)o1. The lowest BCUT2D eigenvalue weighted by molar-refractivity contribution is -0.130. The van der Waals surface area contributed by atoms with Gasteiger partial charge in [-0.3, -0.25) is 24.2 Å². The number of aliphatic imine (C=N–C) groups is 1. The zero-order valence-corrected chi connectivity index (χ0v) is 30.2. The molecule has 0 aliphatic heterocycles. The average molecular weight is 716 g/mol. The minimum absolute atomic E-state index is 0.0201. The third-order valence-electron chi connectivity index (χ3n) is 9.08. The largest absolute Gasteiger partial charge is 0.443 e. The van der Waals surface area contributed by atoms with Crippen LogP contribution in [0.4, 0.5) is 0 Å². The molecule has 1 aliphatic rings. The molecule has 0 unspecified atom stereocenters. The van der Waals surface area contributed by atoms with Crippen molar-refractivity contribution >= 4 is 29.6 Å². The number of carbonyl (C=O) groups excluding carboxylic acids is 4. The van der Waals surface area contributed by atoms with Gasteiger partial charge in [-0.05, 0) is 50.3 Å². The van der Waals surface area contributed by atoms with Gasteiger partial charge in [0.25, 0.3) is 5.91 Å². The molecule has 9 N–H and O–H groups in total. The minimum Gasteiger partial charge on any atom is -0.443 e. The first-order chi connectivity index (χ1) is 25.1. The van der Waals surface area contributed by atoms with Crippen molar-refractivity contribution in [2.75, 3.05) is 20.1 Å². The van der Waals surface area contributed by atoms with E-state index in [9.17, 15) is 19.2 Å². The summed E-state index contributed by atoms with van der Waals surface area (Å²) in [7, 11) is 1.68. The van der Waals surface area contributed by atoms with Gasteiger partial charge in [-0.15, -0.1) is 0 Å². The molecule has 1 aliphatic carbocycles. The first kappa shape index (κ1) is 39.5. The van der Waals surface area contributed by atoms with Gasteiger partial charge < -0.3 is 42.5 Å². The number of nitrogens with zero attached hydrogens (tertiary/aromatic N) is 2. The van der Waals surface area contributed by atoms with Gasteiger partial charge in [-0.2, -0.15) is 0 Å². The van der Waals surface area contributed by atoms with Crippen molar-refractivity contribution in [3.05, 3.63) is 89.1 Å². The topological polar surface area (TPSA) is 219 Å². The van der Waals surface area contributed by atoms with E-state index in [-0.39, 0.29) is 67.1 Å². The lowest BCUT2D eigenvalue weighted by atomic mass is 9.84. The maximum Gasteiger partial charge on any atom is 0.274 e. The monoisotopic (exact) mass is 715 g/mol. The maximum atomic E-state index is 14.0. The van der Waals surface area contributed by atoms with Crippen molar-refractivity contribution < 1.29 is 23.6 Å². The number of guanidine groups is 1. The van der Waals surface area contributed by atoms with E-state index in [2.05, 4.69) is 36.6 Å².